The van der Waals surface area contributed by atoms with Gasteiger partial charge in [-0.15, -0.1) is 0 Å². The first-order valence-corrected chi connectivity index (χ1v) is 9.76. The van der Waals surface area contributed by atoms with E-state index in [2.05, 4.69) is 48.2 Å². The summed E-state index contributed by atoms with van der Waals surface area (Å²) in [6, 6.07) is 0. The van der Waals surface area contributed by atoms with E-state index in [1.165, 1.54) is 19.3 Å². The average molecular weight is 330 g/mol. The third-order valence-electron chi connectivity index (χ3n) is 4.16. The van der Waals surface area contributed by atoms with E-state index in [0.29, 0.717) is 4.75 Å². The number of ether oxygens (including phenoxy) is 1. The van der Waals surface area contributed by atoms with E-state index in [9.17, 15) is 0 Å². The third kappa shape index (κ3) is 7.73. The first kappa shape index (κ1) is 19.6. The van der Waals surface area contributed by atoms with Crippen molar-refractivity contribution in [2.24, 2.45) is 10.9 Å². The van der Waals surface area contributed by atoms with E-state index >= 15 is 0 Å². The summed E-state index contributed by atoms with van der Waals surface area (Å²) >= 11 is 2.06. The van der Waals surface area contributed by atoms with Crippen molar-refractivity contribution in [3.8, 4) is 0 Å². The molecule has 0 aromatic heterocycles. The molecular weight excluding hydrogens is 294 g/mol. The standard InChI is InChI=1S/C17H35N3OS/c1-5-22-17(9-12-21-13-10-17)14-20-16(18-4)19-11-7-6-8-15(2)3/h15H,5-14H2,1-4H3,(H2,18,19,20). The molecule has 1 saturated heterocycles. The van der Waals surface area contributed by atoms with Gasteiger partial charge in [-0.25, -0.2) is 0 Å². The second-order valence-corrected chi connectivity index (χ2v) is 8.20. The summed E-state index contributed by atoms with van der Waals surface area (Å²) in [5.74, 6) is 2.90. The Balaban J connectivity index is 2.29. The zero-order valence-electron chi connectivity index (χ0n) is 14.9. The van der Waals surface area contributed by atoms with Gasteiger partial charge in [0, 0.05) is 38.1 Å². The molecule has 1 fully saturated rings. The molecule has 2 N–H and O–H groups in total. The summed E-state index contributed by atoms with van der Waals surface area (Å²) in [5.41, 5.74) is 0. The molecule has 0 saturated carbocycles. The van der Waals surface area contributed by atoms with Gasteiger partial charge in [0.1, 0.15) is 0 Å². The molecule has 4 nitrogen and oxygen atoms in total. The van der Waals surface area contributed by atoms with Crippen LogP contribution in [0.1, 0.15) is 52.9 Å². The lowest BCUT2D eigenvalue weighted by molar-refractivity contribution is 0.0782. The molecule has 0 radical (unpaired) electrons. The number of thioether (sulfide) groups is 1. The van der Waals surface area contributed by atoms with Crippen LogP contribution in [-0.4, -0.2) is 49.8 Å². The average Bonchev–Trinajstić information content (AvgIpc) is 2.51. The van der Waals surface area contributed by atoms with Crippen LogP contribution >= 0.6 is 11.8 Å². The SMILES string of the molecule is CCSC1(CNC(=NC)NCCCCC(C)C)CCOCC1. The van der Waals surface area contributed by atoms with Gasteiger partial charge in [0.15, 0.2) is 5.96 Å². The molecule has 1 rings (SSSR count). The maximum atomic E-state index is 5.53. The Kier molecular flexibility index (Phi) is 9.96. The molecule has 130 valence electrons. The lowest BCUT2D eigenvalue weighted by Gasteiger charge is -2.37. The first-order chi connectivity index (χ1) is 10.6. The molecule has 0 atom stereocenters. The number of hydrogen-bond acceptors (Lipinski definition) is 3. The van der Waals surface area contributed by atoms with E-state index in [1.807, 2.05) is 7.05 Å². The minimum atomic E-state index is 0.308. The van der Waals surface area contributed by atoms with Crippen LogP contribution in [0, 0.1) is 5.92 Å². The number of aliphatic imine (C=N–C) groups is 1. The molecule has 1 aliphatic heterocycles. The van der Waals surface area contributed by atoms with Gasteiger partial charge in [0.05, 0.1) is 0 Å². The molecule has 0 spiro atoms. The van der Waals surface area contributed by atoms with Crippen LogP contribution in [0.4, 0.5) is 0 Å². The zero-order chi connectivity index (χ0) is 16.3. The molecule has 0 bridgehead atoms. The van der Waals surface area contributed by atoms with Crippen LogP contribution < -0.4 is 10.6 Å². The van der Waals surface area contributed by atoms with Gasteiger partial charge < -0.3 is 15.4 Å². The van der Waals surface area contributed by atoms with Crippen LogP contribution in [0.25, 0.3) is 0 Å². The summed E-state index contributed by atoms with van der Waals surface area (Å²) in [7, 11) is 1.85. The normalized spacial score (nSPS) is 18.5. The number of unbranched alkanes of at least 4 members (excludes halogenated alkanes) is 1. The quantitative estimate of drug-likeness (QED) is 0.387. The highest BCUT2D eigenvalue weighted by Crippen LogP contribution is 2.34. The van der Waals surface area contributed by atoms with Gasteiger partial charge in [-0.3, -0.25) is 4.99 Å². The van der Waals surface area contributed by atoms with Crippen molar-refractivity contribution < 1.29 is 4.74 Å². The van der Waals surface area contributed by atoms with Gasteiger partial charge in [-0.1, -0.05) is 33.6 Å². The van der Waals surface area contributed by atoms with E-state index in [4.69, 9.17) is 4.74 Å². The van der Waals surface area contributed by atoms with Gasteiger partial charge >= 0.3 is 0 Å². The lowest BCUT2D eigenvalue weighted by Crippen LogP contribution is -2.48. The smallest absolute Gasteiger partial charge is 0.191 e. The van der Waals surface area contributed by atoms with Crippen molar-refractivity contribution >= 4 is 17.7 Å². The molecule has 0 aliphatic carbocycles. The Labute approximate surface area is 141 Å². The summed E-state index contributed by atoms with van der Waals surface area (Å²) in [6.45, 7) is 10.6. The molecule has 0 amide bonds. The van der Waals surface area contributed by atoms with Gasteiger partial charge in [-0.2, -0.15) is 11.8 Å². The van der Waals surface area contributed by atoms with Gasteiger partial charge in [-0.05, 0) is 30.9 Å². The molecule has 0 aromatic rings. The fraction of sp³-hybridized carbons (Fsp3) is 0.941. The highest BCUT2D eigenvalue weighted by Gasteiger charge is 2.32. The number of rotatable bonds is 9. The minimum Gasteiger partial charge on any atom is -0.381 e. The second-order valence-electron chi connectivity index (χ2n) is 6.47. The fourth-order valence-corrected chi connectivity index (χ4v) is 4.01. The molecule has 0 aromatic carbocycles. The minimum absolute atomic E-state index is 0.308. The monoisotopic (exact) mass is 329 g/mol. The zero-order valence-corrected chi connectivity index (χ0v) is 15.7. The highest BCUT2D eigenvalue weighted by molar-refractivity contribution is 8.00. The Hall–Kier alpha value is -0.420. The van der Waals surface area contributed by atoms with Crippen molar-refractivity contribution in [1.82, 2.24) is 10.6 Å². The predicted octanol–water partition coefficient (Wildman–Crippen LogP) is 3.28. The number of hydrogen-bond donors (Lipinski definition) is 2. The molecular formula is C17H35N3OS. The molecule has 5 heteroatoms. The largest absolute Gasteiger partial charge is 0.381 e. The van der Waals surface area contributed by atoms with Crippen molar-refractivity contribution in [3.05, 3.63) is 0 Å². The van der Waals surface area contributed by atoms with Crippen LogP contribution in [0.15, 0.2) is 4.99 Å². The summed E-state index contributed by atoms with van der Waals surface area (Å²) < 4.78 is 5.84. The van der Waals surface area contributed by atoms with E-state index in [1.54, 1.807) is 0 Å². The van der Waals surface area contributed by atoms with E-state index < -0.39 is 0 Å². The Morgan fingerprint density at radius 2 is 1.95 bits per heavy atom. The summed E-state index contributed by atoms with van der Waals surface area (Å²) in [4.78, 5) is 4.35. The van der Waals surface area contributed by atoms with Crippen molar-refractivity contribution in [1.29, 1.82) is 0 Å². The van der Waals surface area contributed by atoms with E-state index in [0.717, 1.165) is 56.8 Å². The van der Waals surface area contributed by atoms with E-state index in [-0.39, 0.29) is 0 Å². The fourth-order valence-electron chi connectivity index (χ4n) is 2.77. The lowest BCUT2D eigenvalue weighted by atomic mass is 9.99. The maximum absolute atomic E-state index is 5.53. The highest BCUT2D eigenvalue weighted by atomic mass is 32.2. The Morgan fingerprint density at radius 1 is 1.23 bits per heavy atom. The van der Waals surface area contributed by atoms with Crippen molar-refractivity contribution in [3.63, 3.8) is 0 Å². The Morgan fingerprint density at radius 3 is 2.55 bits per heavy atom. The molecule has 0 unspecified atom stereocenters. The van der Waals surface area contributed by atoms with Gasteiger partial charge in [0.25, 0.3) is 0 Å². The summed E-state index contributed by atoms with van der Waals surface area (Å²) in [6.07, 6.45) is 6.06. The maximum Gasteiger partial charge on any atom is 0.191 e. The van der Waals surface area contributed by atoms with Crippen LogP contribution in [0.3, 0.4) is 0 Å². The molecule has 1 heterocycles. The predicted molar refractivity (Wildman–Crippen MR) is 99.0 cm³/mol. The topological polar surface area (TPSA) is 45.7 Å². The van der Waals surface area contributed by atoms with Gasteiger partial charge in [0.2, 0.25) is 0 Å². The van der Waals surface area contributed by atoms with Crippen LogP contribution in [-0.2, 0) is 4.74 Å². The summed E-state index contributed by atoms with van der Waals surface area (Å²) in [5, 5.41) is 6.97. The second kappa shape index (κ2) is 11.2. The number of nitrogens with zero attached hydrogens (tertiary/aromatic N) is 1. The Bertz CT molecular complexity index is 310. The molecule has 22 heavy (non-hydrogen) atoms. The third-order valence-corrected chi connectivity index (χ3v) is 5.61. The first-order valence-electron chi connectivity index (χ1n) is 8.78. The van der Waals surface area contributed by atoms with Crippen molar-refractivity contribution in [2.45, 2.75) is 57.6 Å². The van der Waals surface area contributed by atoms with Crippen LogP contribution in [0.2, 0.25) is 0 Å². The van der Waals surface area contributed by atoms with Crippen molar-refractivity contribution in [2.75, 3.05) is 39.1 Å². The molecule has 1 aliphatic rings. The van der Waals surface area contributed by atoms with Crippen LogP contribution in [0.5, 0.6) is 0 Å². The number of nitrogens with one attached hydrogen (secondary N) is 2. The number of guanidine groups is 1.